The minimum Gasteiger partial charge on any atom is -0.457 e. The monoisotopic (exact) mass is 376 g/mol. The van der Waals surface area contributed by atoms with E-state index < -0.39 is 0 Å². The molecule has 6 heteroatoms. The second-order valence-electron chi connectivity index (χ2n) is 6.32. The van der Waals surface area contributed by atoms with Gasteiger partial charge in [-0.25, -0.2) is 9.97 Å². The Balaban J connectivity index is 1.52. The molecule has 2 N–H and O–H groups in total. The summed E-state index contributed by atoms with van der Waals surface area (Å²) in [7, 11) is 0. The van der Waals surface area contributed by atoms with E-state index in [0.29, 0.717) is 22.9 Å². The number of unbranched alkanes of at least 4 members (excludes halogenated alkanes) is 2. The molecule has 0 fully saturated rings. The molecule has 28 heavy (non-hydrogen) atoms. The van der Waals surface area contributed by atoms with Crippen LogP contribution in [0, 0.1) is 0 Å². The van der Waals surface area contributed by atoms with Crippen molar-refractivity contribution in [3.05, 3.63) is 72.6 Å². The minimum absolute atomic E-state index is 0.255. The lowest BCUT2D eigenvalue weighted by atomic mass is 10.2. The molecule has 0 aliphatic carbocycles. The van der Waals surface area contributed by atoms with Gasteiger partial charge in [0.15, 0.2) is 0 Å². The number of benzene rings is 2. The highest BCUT2D eigenvalue weighted by molar-refractivity contribution is 6.03. The minimum atomic E-state index is -0.255. The molecule has 0 aliphatic rings. The number of nitrogens with one attached hydrogen (secondary N) is 2. The molecule has 0 unspecified atom stereocenters. The van der Waals surface area contributed by atoms with Gasteiger partial charge in [-0.1, -0.05) is 38.0 Å². The van der Waals surface area contributed by atoms with Crippen LogP contribution >= 0.6 is 0 Å². The average Bonchev–Trinajstić information content (AvgIpc) is 2.74. The molecule has 0 bridgehead atoms. The topological polar surface area (TPSA) is 76.1 Å². The van der Waals surface area contributed by atoms with Gasteiger partial charge in [0, 0.05) is 24.6 Å². The number of para-hydroxylation sites is 1. The molecule has 3 rings (SSSR count). The first-order chi connectivity index (χ1) is 13.7. The van der Waals surface area contributed by atoms with Crippen molar-refractivity contribution in [1.82, 2.24) is 9.97 Å². The molecule has 1 aromatic heterocycles. The highest BCUT2D eigenvalue weighted by Gasteiger charge is 2.08. The van der Waals surface area contributed by atoms with Gasteiger partial charge in [0.05, 0.1) is 5.56 Å². The summed E-state index contributed by atoms with van der Waals surface area (Å²) in [6, 6.07) is 16.7. The fourth-order valence-electron chi connectivity index (χ4n) is 2.55. The van der Waals surface area contributed by atoms with E-state index in [9.17, 15) is 4.79 Å². The van der Waals surface area contributed by atoms with E-state index in [1.165, 1.54) is 25.2 Å². The van der Waals surface area contributed by atoms with Crippen molar-refractivity contribution in [3.63, 3.8) is 0 Å². The molecule has 0 radical (unpaired) electrons. The van der Waals surface area contributed by atoms with Crippen LogP contribution in [0.4, 0.5) is 11.6 Å². The van der Waals surface area contributed by atoms with Gasteiger partial charge in [-0.2, -0.15) is 0 Å². The highest BCUT2D eigenvalue weighted by atomic mass is 16.5. The maximum absolute atomic E-state index is 12.4. The van der Waals surface area contributed by atoms with Gasteiger partial charge in [-0.15, -0.1) is 0 Å². The van der Waals surface area contributed by atoms with E-state index in [-0.39, 0.29) is 5.91 Å². The lowest BCUT2D eigenvalue weighted by Crippen LogP contribution is -2.13. The van der Waals surface area contributed by atoms with Gasteiger partial charge in [0.25, 0.3) is 5.91 Å². The SMILES string of the molecule is CCCCCNc1ncc(C(=O)Nc2ccc(Oc3ccccc3)cc2)cn1. The molecule has 0 atom stereocenters. The summed E-state index contributed by atoms with van der Waals surface area (Å²) < 4.78 is 5.74. The fraction of sp³-hybridized carbons (Fsp3) is 0.227. The van der Waals surface area contributed by atoms with Crippen LogP contribution in [0.25, 0.3) is 0 Å². The molecule has 0 saturated carbocycles. The quantitative estimate of drug-likeness (QED) is 0.507. The van der Waals surface area contributed by atoms with Crippen LogP contribution < -0.4 is 15.4 Å². The Morgan fingerprint density at radius 3 is 2.29 bits per heavy atom. The standard InChI is InChI=1S/C22H24N4O2/c1-2-3-7-14-23-22-24-15-17(16-25-22)21(27)26-18-10-12-20(13-11-18)28-19-8-5-4-6-9-19/h4-6,8-13,15-16H,2-3,7,14H2,1H3,(H,26,27)(H,23,24,25). The Hall–Kier alpha value is -3.41. The van der Waals surface area contributed by atoms with Crippen molar-refractivity contribution in [1.29, 1.82) is 0 Å². The lowest BCUT2D eigenvalue weighted by Gasteiger charge is -2.08. The van der Waals surface area contributed by atoms with Gasteiger partial charge >= 0.3 is 0 Å². The number of anilines is 2. The van der Waals surface area contributed by atoms with Crippen LogP contribution in [0.5, 0.6) is 11.5 Å². The van der Waals surface area contributed by atoms with Gasteiger partial charge < -0.3 is 15.4 Å². The van der Waals surface area contributed by atoms with E-state index in [1.54, 1.807) is 12.1 Å². The van der Waals surface area contributed by atoms with Crippen LogP contribution in [0.15, 0.2) is 67.0 Å². The van der Waals surface area contributed by atoms with E-state index in [2.05, 4.69) is 27.5 Å². The Kier molecular flexibility index (Phi) is 6.95. The molecular weight excluding hydrogens is 352 g/mol. The normalized spacial score (nSPS) is 10.3. The van der Waals surface area contributed by atoms with Crippen molar-refractivity contribution in [3.8, 4) is 11.5 Å². The zero-order chi connectivity index (χ0) is 19.6. The van der Waals surface area contributed by atoms with Crippen LogP contribution in [0.1, 0.15) is 36.5 Å². The third-order valence-electron chi connectivity index (χ3n) is 4.07. The third kappa shape index (κ3) is 5.81. The Labute approximate surface area is 165 Å². The number of rotatable bonds is 9. The number of amides is 1. The second kappa shape index (κ2) is 10.1. The number of hydrogen-bond acceptors (Lipinski definition) is 5. The molecule has 144 valence electrons. The predicted molar refractivity (Wildman–Crippen MR) is 111 cm³/mol. The molecule has 0 aliphatic heterocycles. The van der Waals surface area contributed by atoms with Gasteiger partial charge in [-0.3, -0.25) is 4.79 Å². The summed E-state index contributed by atoms with van der Waals surface area (Å²) in [5.41, 5.74) is 1.08. The third-order valence-corrected chi connectivity index (χ3v) is 4.07. The van der Waals surface area contributed by atoms with E-state index in [1.807, 2.05) is 42.5 Å². The summed E-state index contributed by atoms with van der Waals surface area (Å²) in [5, 5.41) is 5.99. The fourth-order valence-corrected chi connectivity index (χ4v) is 2.55. The molecule has 1 amide bonds. The van der Waals surface area contributed by atoms with Gasteiger partial charge in [-0.05, 0) is 42.8 Å². The largest absolute Gasteiger partial charge is 0.457 e. The number of nitrogens with zero attached hydrogens (tertiary/aromatic N) is 2. The summed E-state index contributed by atoms with van der Waals surface area (Å²) in [5.74, 6) is 1.75. The molecule has 3 aromatic rings. The summed E-state index contributed by atoms with van der Waals surface area (Å²) in [4.78, 5) is 20.8. The summed E-state index contributed by atoms with van der Waals surface area (Å²) in [6.07, 6.45) is 6.46. The highest BCUT2D eigenvalue weighted by Crippen LogP contribution is 2.22. The lowest BCUT2D eigenvalue weighted by molar-refractivity contribution is 0.102. The first-order valence-corrected chi connectivity index (χ1v) is 9.45. The maximum Gasteiger partial charge on any atom is 0.258 e. The molecule has 0 saturated heterocycles. The Morgan fingerprint density at radius 1 is 0.929 bits per heavy atom. The molecule has 2 aromatic carbocycles. The van der Waals surface area contributed by atoms with Gasteiger partial charge in [0.2, 0.25) is 5.95 Å². The van der Waals surface area contributed by atoms with Crippen molar-refractivity contribution in [2.45, 2.75) is 26.2 Å². The molecule has 6 nitrogen and oxygen atoms in total. The van der Waals surface area contributed by atoms with Crippen molar-refractivity contribution >= 4 is 17.5 Å². The Bertz CT molecular complexity index is 865. The van der Waals surface area contributed by atoms with Crippen LogP contribution in [0.2, 0.25) is 0 Å². The summed E-state index contributed by atoms with van der Waals surface area (Å²) >= 11 is 0. The van der Waals surface area contributed by atoms with E-state index >= 15 is 0 Å². The van der Waals surface area contributed by atoms with Crippen LogP contribution in [-0.4, -0.2) is 22.4 Å². The number of ether oxygens (including phenoxy) is 1. The number of aromatic nitrogens is 2. The molecule has 1 heterocycles. The first kappa shape index (κ1) is 19.4. The van der Waals surface area contributed by atoms with Gasteiger partial charge in [0.1, 0.15) is 11.5 Å². The second-order valence-corrected chi connectivity index (χ2v) is 6.32. The molecule has 0 spiro atoms. The average molecular weight is 376 g/mol. The van der Waals surface area contributed by atoms with Crippen LogP contribution in [-0.2, 0) is 0 Å². The molecular formula is C22H24N4O2. The van der Waals surface area contributed by atoms with Crippen molar-refractivity contribution < 1.29 is 9.53 Å². The maximum atomic E-state index is 12.4. The first-order valence-electron chi connectivity index (χ1n) is 9.45. The van der Waals surface area contributed by atoms with Crippen molar-refractivity contribution in [2.24, 2.45) is 0 Å². The Morgan fingerprint density at radius 2 is 1.61 bits per heavy atom. The number of carbonyl (C=O) groups excluding carboxylic acids is 1. The van der Waals surface area contributed by atoms with Crippen molar-refractivity contribution in [2.75, 3.05) is 17.2 Å². The summed E-state index contributed by atoms with van der Waals surface area (Å²) in [6.45, 7) is 2.99. The van der Waals surface area contributed by atoms with E-state index in [4.69, 9.17) is 4.74 Å². The smallest absolute Gasteiger partial charge is 0.258 e. The zero-order valence-corrected chi connectivity index (χ0v) is 15.9. The number of carbonyl (C=O) groups is 1. The number of hydrogen-bond donors (Lipinski definition) is 2. The van der Waals surface area contributed by atoms with Crippen LogP contribution in [0.3, 0.4) is 0 Å². The zero-order valence-electron chi connectivity index (χ0n) is 15.9. The van der Waals surface area contributed by atoms with E-state index in [0.717, 1.165) is 18.7 Å². The predicted octanol–water partition coefficient (Wildman–Crippen LogP) is 5.12.